The minimum Gasteiger partial charge on any atom is -0.478 e. The zero-order valence-corrected chi connectivity index (χ0v) is 8.56. The number of nitrogens with zero attached hydrogens (tertiary/aromatic N) is 1. The molecule has 1 aromatic rings. The van der Waals surface area contributed by atoms with Crippen LogP contribution in [0, 0.1) is 0 Å². The highest BCUT2D eigenvalue weighted by Gasteiger charge is 2.30. The Morgan fingerprint density at radius 1 is 1.60 bits per heavy atom. The number of aromatic nitrogens is 1. The van der Waals surface area contributed by atoms with Gasteiger partial charge in [0.1, 0.15) is 0 Å². The van der Waals surface area contributed by atoms with Crippen LogP contribution in [0.5, 0.6) is 5.88 Å². The molecule has 4 heteroatoms. The molecule has 0 aromatic carbocycles. The van der Waals surface area contributed by atoms with Crippen LogP contribution in [0.15, 0.2) is 12.1 Å². The Morgan fingerprint density at radius 2 is 2.33 bits per heavy atom. The van der Waals surface area contributed by atoms with Crippen LogP contribution in [0.4, 0.5) is 0 Å². The fourth-order valence-corrected chi connectivity index (χ4v) is 1.53. The molecule has 0 saturated heterocycles. The van der Waals surface area contributed by atoms with Crippen molar-refractivity contribution in [3.63, 3.8) is 0 Å². The van der Waals surface area contributed by atoms with E-state index in [9.17, 15) is 4.79 Å². The molecule has 2 rings (SSSR count). The van der Waals surface area contributed by atoms with Crippen molar-refractivity contribution in [3.05, 3.63) is 23.4 Å². The van der Waals surface area contributed by atoms with Crippen molar-refractivity contribution in [2.75, 3.05) is 6.61 Å². The highest BCUT2D eigenvalue weighted by Crippen LogP contribution is 2.41. The molecule has 1 aromatic heterocycles. The molecule has 1 aliphatic rings. The maximum absolute atomic E-state index is 10.9. The van der Waals surface area contributed by atoms with Gasteiger partial charge in [-0.3, -0.25) is 0 Å². The van der Waals surface area contributed by atoms with Gasteiger partial charge >= 0.3 is 5.97 Å². The topological polar surface area (TPSA) is 59.4 Å². The van der Waals surface area contributed by atoms with Crippen molar-refractivity contribution in [2.45, 2.75) is 25.7 Å². The van der Waals surface area contributed by atoms with E-state index in [1.54, 1.807) is 12.1 Å². The van der Waals surface area contributed by atoms with Gasteiger partial charge in [0.05, 0.1) is 17.9 Å². The average Bonchev–Trinajstić information content (AvgIpc) is 3.01. The first-order valence-electron chi connectivity index (χ1n) is 5.09. The molecule has 15 heavy (non-hydrogen) atoms. The number of rotatable bonds is 4. The van der Waals surface area contributed by atoms with Crippen LogP contribution in [0.3, 0.4) is 0 Å². The first-order valence-corrected chi connectivity index (χ1v) is 5.09. The number of pyridine rings is 1. The second kappa shape index (κ2) is 3.88. The second-order valence-electron chi connectivity index (χ2n) is 3.59. The fraction of sp³-hybridized carbons (Fsp3) is 0.455. The van der Waals surface area contributed by atoms with Gasteiger partial charge in [0.2, 0.25) is 5.88 Å². The molecule has 1 N–H and O–H groups in total. The molecule has 0 amide bonds. The quantitative estimate of drug-likeness (QED) is 0.820. The van der Waals surface area contributed by atoms with E-state index in [1.165, 1.54) is 0 Å². The van der Waals surface area contributed by atoms with Gasteiger partial charge < -0.3 is 9.84 Å². The van der Waals surface area contributed by atoms with Crippen LogP contribution in [-0.2, 0) is 0 Å². The predicted molar refractivity (Wildman–Crippen MR) is 54.3 cm³/mol. The summed E-state index contributed by atoms with van der Waals surface area (Å²) < 4.78 is 5.26. The van der Waals surface area contributed by atoms with Crippen LogP contribution in [0.2, 0.25) is 0 Å². The van der Waals surface area contributed by atoms with E-state index >= 15 is 0 Å². The fourth-order valence-electron chi connectivity index (χ4n) is 1.53. The molecule has 0 aliphatic heterocycles. The monoisotopic (exact) mass is 207 g/mol. The number of carboxylic acids is 1. The third kappa shape index (κ3) is 2.09. The molecule has 1 saturated carbocycles. The van der Waals surface area contributed by atoms with Crippen molar-refractivity contribution < 1.29 is 14.6 Å². The van der Waals surface area contributed by atoms with E-state index in [1.807, 2.05) is 6.92 Å². The maximum atomic E-state index is 10.9. The lowest BCUT2D eigenvalue weighted by atomic mass is 10.1. The maximum Gasteiger partial charge on any atom is 0.337 e. The van der Waals surface area contributed by atoms with E-state index in [4.69, 9.17) is 9.84 Å². The van der Waals surface area contributed by atoms with E-state index in [-0.39, 0.29) is 0 Å². The van der Waals surface area contributed by atoms with Gasteiger partial charge in [-0.2, -0.15) is 0 Å². The third-order valence-corrected chi connectivity index (χ3v) is 2.39. The van der Waals surface area contributed by atoms with Crippen LogP contribution < -0.4 is 4.74 Å². The van der Waals surface area contributed by atoms with E-state index in [2.05, 4.69) is 4.98 Å². The summed E-state index contributed by atoms with van der Waals surface area (Å²) in [6.45, 7) is 2.42. The molecule has 0 bridgehead atoms. The smallest absolute Gasteiger partial charge is 0.337 e. The summed E-state index contributed by atoms with van der Waals surface area (Å²) in [5, 5.41) is 8.98. The Hall–Kier alpha value is -1.58. The molecular formula is C11H13NO3. The first kappa shape index (κ1) is 9.96. The summed E-state index contributed by atoms with van der Waals surface area (Å²) in [4.78, 5) is 15.2. The van der Waals surface area contributed by atoms with Gasteiger partial charge in [0.15, 0.2) is 0 Å². The largest absolute Gasteiger partial charge is 0.478 e. The van der Waals surface area contributed by atoms with Crippen LogP contribution in [-0.4, -0.2) is 22.7 Å². The van der Waals surface area contributed by atoms with E-state index in [0.29, 0.717) is 29.7 Å². The summed E-state index contributed by atoms with van der Waals surface area (Å²) in [5.74, 6) is -0.0756. The van der Waals surface area contributed by atoms with Crippen molar-refractivity contribution in [3.8, 4) is 5.88 Å². The molecule has 0 atom stereocenters. The summed E-state index contributed by atoms with van der Waals surface area (Å²) in [6, 6.07) is 3.19. The molecular weight excluding hydrogens is 194 g/mol. The second-order valence-corrected chi connectivity index (χ2v) is 3.59. The lowest BCUT2D eigenvalue weighted by Gasteiger charge is -2.07. The average molecular weight is 207 g/mol. The zero-order chi connectivity index (χ0) is 10.8. The Morgan fingerprint density at radius 3 is 2.87 bits per heavy atom. The molecule has 4 nitrogen and oxygen atoms in total. The van der Waals surface area contributed by atoms with Crippen molar-refractivity contribution >= 4 is 5.97 Å². The van der Waals surface area contributed by atoms with Gasteiger partial charge in [-0.25, -0.2) is 9.78 Å². The molecule has 1 aliphatic carbocycles. The third-order valence-electron chi connectivity index (χ3n) is 2.39. The number of carboxylic acid groups (broad SMARTS) is 1. The molecule has 1 fully saturated rings. The predicted octanol–water partition coefficient (Wildman–Crippen LogP) is 2.06. The van der Waals surface area contributed by atoms with Crippen molar-refractivity contribution in [2.24, 2.45) is 0 Å². The highest BCUT2D eigenvalue weighted by molar-refractivity contribution is 5.89. The van der Waals surface area contributed by atoms with Gasteiger partial charge in [0, 0.05) is 12.0 Å². The standard InChI is InChI=1S/C11H13NO3/c1-2-15-9-6-5-8(11(13)14)10(12-9)7-3-4-7/h5-7H,2-4H2,1H3,(H,13,14). The Labute approximate surface area is 87.9 Å². The van der Waals surface area contributed by atoms with Gasteiger partial charge in [-0.1, -0.05) is 0 Å². The van der Waals surface area contributed by atoms with Crippen molar-refractivity contribution in [1.82, 2.24) is 4.98 Å². The van der Waals surface area contributed by atoms with Gasteiger partial charge in [-0.15, -0.1) is 0 Å². The summed E-state index contributed by atoms with van der Waals surface area (Å²) in [5.41, 5.74) is 0.981. The number of ether oxygens (including phenoxy) is 1. The molecule has 80 valence electrons. The SMILES string of the molecule is CCOc1ccc(C(=O)O)c(C2CC2)n1. The molecule has 1 heterocycles. The summed E-state index contributed by atoms with van der Waals surface area (Å²) in [7, 11) is 0. The Bertz CT molecular complexity index is 385. The Kier molecular flexibility index (Phi) is 2.58. The first-order chi connectivity index (χ1) is 7.22. The molecule has 0 radical (unpaired) electrons. The zero-order valence-electron chi connectivity index (χ0n) is 8.56. The number of aromatic carboxylic acids is 1. The Balaban J connectivity index is 2.35. The number of hydrogen-bond donors (Lipinski definition) is 1. The molecule has 0 spiro atoms. The van der Waals surface area contributed by atoms with E-state index in [0.717, 1.165) is 12.8 Å². The molecule has 0 unspecified atom stereocenters. The van der Waals surface area contributed by atoms with Crippen LogP contribution in [0.1, 0.15) is 41.7 Å². The highest BCUT2D eigenvalue weighted by atomic mass is 16.5. The summed E-state index contributed by atoms with van der Waals surface area (Å²) in [6.07, 6.45) is 2.06. The normalized spacial score (nSPS) is 15.0. The van der Waals surface area contributed by atoms with Gasteiger partial charge in [-0.05, 0) is 25.8 Å². The number of carbonyl (C=O) groups is 1. The minimum absolute atomic E-state index is 0.306. The lowest BCUT2D eigenvalue weighted by molar-refractivity contribution is 0.0695. The van der Waals surface area contributed by atoms with E-state index < -0.39 is 5.97 Å². The van der Waals surface area contributed by atoms with Crippen LogP contribution >= 0.6 is 0 Å². The lowest BCUT2D eigenvalue weighted by Crippen LogP contribution is -2.05. The minimum atomic E-state index is -0.910. The van der Waals surface area contributed by atoms with Crippen molar-refractivity contribution in [1.29, 1.82) is 0 Å². The summed E-state index contributed by atoms with van der Waals surface area (Å²) >= 11 is 0. The van der Waals surface area contributed by atoms with Crippen LogP contribution in [0.25, 0.3) is 0 Å². The number of hydrogen-bond acceptors (Lipinski definition) is 3. The van der Waals surface area contributed by atoms with Gasteiger partial charge in [0.25, 0.3) is 0 Å².